The number of hydrogen-bond acceptors (Lipinski definition) is 5. The first-order valence-electron chi connectivity index (χ1n) is 6.51. The van der Waals surface area contributed by atoms with Crippen LogP contribution in [0.2, 0.25) is 0 Å². The van der Waals surface area contributed by atoms with Gasteiger partial charge in [0.25, 0.3) is 0 Å². The van der Waals surface area contributed by atoms with Crippen LogP contribution >= 0.6 is 0 Å². The summed E-state index contributed by atoms with van der Waals surface area (Å²) < 4.78 is 38.2. The minimum atomic E-state index is -4.62. The largest absolute Gasteiger partial charge is 0.451 e. The average molecular weight is 290 g/mol. The lowest BCUT2D eigenvalue weighted by Gasteiger charge is -2.38. The number of nitrogen functional groups attached to an aromatic ring is 1. The standard InChI is InChI=1S/C12H17F3N4O/c13-12(14,15)11-17-9(16)7-10(18-11)19(5-2-6-20)8-3-1-4-8/h7-8,20H,1-6H2,(H2,16,17,18). The lowest BCUT2D eigenvalue weighted by atomic mass is 9.91. The van der Waals surface area contributed by atoms with E-state index in [-0.39, 0.29) is 24.3 Å². The van der Waals surface area contributed by atoms with Crippen LogP contribution in [-0.4, -0.2) is 34.3 Å². The van der Waals surface area contributed by atoms with Gasteiger partial charge in [0.2, 0.25) is 5.82 Å². The summed E-state index contributed by atoms with van der Waals surface area (Å²) in [6.07, 6.45) is -1.27. The van der Waals surface area contributed by atoms with Crippen LogP contribution in [0.5, 0.6) is 0 Å². The molecule has 0 amide bonds. The Morgan fingerprint density at radius 2 is 2.05 bits per heavy atom. The molecule has 1 fully saturated rings. The molecule has 1 heterocycles. The fourth-order valence-corrected chi connectivity index (χ4v) is 2.15. The van der Waals surface area contributed by atoms with E-state index in [4.69, 9.17) is 10.8 Å². The fourth-order valence-electron chi connectivity index (χ4n) is 2.15. The molecule has 0 saturated heterocycles. The number of anilines is 2. The van der Waals surface area contributed by atoms with Gasteiger partial charge in [-0.15, -0.1) is 0 Å². The molecule has 0 spiro atoms. The van der Waals surface area contributed by atoms with Crippen molar-refractivity contribution in [2.24, 2.45) is 0 Å². The highest BCUT2D eigenvalue weighted by atomic mass is 19.4. The Kier molecular flexibility index (Phi) is 4.32. The van der Waals surface area contributed by atoms with E-state index in [9.17, 15) is 13.2 Å². The van der Waals surface area contributed by atoms with E-state index in [1.807, 2.05) is 0 Å². The van der Waals surface area contributed by atoms with E-state index in [1.54, 1.807) is 4.90 Å². The molecule has 20 heavy (non-hydrogen) atoms. The monoisotopic (exact) mass is 290 g/mol. The van der Waals surface area contributed by atoms with E-state index in [2.05, 4.69) is 9.97 Å². The summed E-state index contributed by atoms with van der Waals surface area (Å²) in [7, 11) is 0. The number of hydrogen-bond donors (Lipinski definition) is 2. The Labute approximate surface area is 114 Å². The van der Waals surface area contributed by atoms with Crippen molar-refractivity contribution < 1.29 is 18.3 Å². The third-order valence-electron chi connectivity index (χ3n) is 3.35. The van der Waals surface area contributed by atoms with Gasteiger partial charge in [-0.05, 0) is 25.7 Å². The number of aromatic nitrogens is 2. The van der Waals surface area contributed by atoms with Gasteiger partial charge >= 0.3 is 6.18 Å². The molecule has 1 aromatic heterocycles. The molecule has 112 valence electrons. The predicted octanol–water partition coefficient (Wildman–Crippen LogP) is 1.82. The van der Waals surface area contributed by atoms with Crippen molar-refractivity contribution in [3.63, 3.8) is 0 Å². The number of alkyl halides is 3. The van der Waals surface area contributed by atoms with Gasteiger partial charge in [0, 0.05) is 25.3 Å². The molecule has 1 aliphatic carbocycles. The summed E-state index contributed by atoms with van der Waals surface area (Å²) in [5.41, 5.74) is 5.46. The van der Waals surface area contributed by atoms with Crippen molar-refractivity contribution in [2.75, 3.05) is 23.8 Å². The molecule has 1 saturated carbocycles. The van der Waals surface area contributed by atoms with E-state index in [1.165, 1.54) is 6.07 Å². The molecule has 1 aliphatic rings. The number of aliphatic hydroxyl groups is 1. The molecule has 0 bridgehead atoms. The zero-order valence-corrected chi connectivity index (χ0v) is 10.9. The van der Waals surface area contributed by atoms with Gasteiger partial charge in [0.1, 0.15) is 11.6 Å². The van der Waals surface area contributed by atoms with Gasteiger partial charge in [0.05, 0.1) is 0 Å². The summed E-state index contributed by atoms with van der Waals surface area (Å²) in [6.45, 7) is 0.435. The van der Waals surface area contributed by atoms with Gasteiger partial charge in [-0.3, -0.25) is 0 Å². The van der Waals surface area contributed by atoms with Crippen LogP contribution in [0, 0.1) is 0 Å². The zero-order valence-electron chi connectivity index (χ0n) is 10.9. The van der Waals surface area contributed by atoms with Crippen molar-refractivity contribution in [1.29, 1.82) is 0 Å². The third-order valence-corrected chi connectivity index (χ3v) is 3.35. The molecule has 5 nitrogen and oxygen atoms in total. The van der Waals surface area contributed by atoms with Crippen molar-refractivity contribution in [1.82, 2.24) is 9.97 Å². The first kappa shape index (κ1) is 14.8. The van der Waals surface area contributed by atoms with Crippen LogP contribution in [0.25, 0.3) is 0 Å². The number of aliphatic hydroxyl groups excluding tert-OH is 1. The lowest BCUT2D eigenvalue weighted by molar-refractivity contribution is -0.144. The van der Waals surface area contributed by atoms with Gasteiger partial charge in [-0.2, -0.15) is 13.2 Å². The minimum Gasteiger partial charge on any atom is -0.396 e. The highest BCUT2D eigenvalue weighted by Gasteiger charge is 2.36. The van der Waals surface area contributed by atoms with Gasteiger partial charge in [-0.25, -0.2) is 9.97 Å². The van der Waals surface area contributed by atoms with E-state index in [0.717, 1.165) is 19.3 Å². The van der Waals surface area contributed by atoms with Gasteiger partial charge in [-0.1, -0.05) is 0 Å². The number of nitrogens with two attached hydrogens (primary N) is 1. The Morgan fingerprint density at radius 3 is 2.55 bits per heavy atom. The Morgan fingerprint density at radius 1 is 1.35 bits per heavy atom. The Bertz CT molecular complexity index is 463. The number of nitrogens with zero attached hydrogens (tertiary/aromatic N) is 3. The van der Waals surface area contributed by atoms with Crippen LogP contribution in [-0.2, 0) is 6.18 Å². The minimum absolute atomic E-state index is 0.0179. The summed E-state index contributed by atoms with van der Waals surface area (Å²) in [4.78, 5) is 8.61. The number of halogens is 3. The van der Waals surface area contributed by atoms with Gasteiger partial charge < -0.3 is 15.7 Å². The summed E-state index contributed by atoms with van der Waals surface area (Å²) in [5, 5.41) is 8.91. The smallest absolute Gasteiger partial charge is 0.396 e. The topological polar surface area (TPSA) is 75.3 Å². The van der Waals surface area contributed by atoms with Crippen LogP contribution < -0.4 is 10.6 Å². The van der Waals surface area contributed by atoms with Crippen molar-refractivity contribution in [3.05, 3.63) is 11.9 Å². The third kappa shape index (κ3) is 3.30. The molecular formula is C12H17F3N4O. The molecule has 3 N–H and O–H groups in total. The zero-order chi connectivity index (χ0) is 14.8. The van der Waals surface area contributed by atoms with Crippen molar-refractivity contribution in [2.45, 2.75) is 37.9 Å². The molecule has 2 rings (SSSR count). The predicted molar refractivity (Wildman–Crippen MR) is 68.1 cm³/mol. The molecule has 0 aromatic carbocycles. The highest BCUT2D eigenvalue weighted by molar-refractivity contribution is 5.48. The van der Waals surface area contributed by atoms with Crippen LogP contribution in [0.3, 0.4) is 0 Å². The molecule has 8 heteroatoms. The molecule has 0 unspecified atom stereocenters. The summed E-state index contributed by atoms with van der Waals surface area (Å²) >= 11 is 0. The van der Waals surface area contributed by atoms with Crippen molar-refractivity contribution >= 4 is 11.6 Å². The second-order valence-corrected chi connectivity index (χ2v) is 4.83. The molecular weight excluding hydrogens is 273 g/mol. The molecule has 1 aromatic rings. The normalized spacial score (nSPS) is 16.0. The maximum atomic E-state index is 12.7. The van der Waals surface area contributed by atoms with E-state index in [0.29, 0.717) is 13.0 Å². The second-order valence-electron chi connectivity index (χ2n) is 4.83. The maximum absolute atomic E-state index is 12.7. The SMILES string of the molecule is Nc1cc(N(CCCO)C2CCC2)nc(C(F)(F)F)n1. The second kappa shape index (κ2) is 5.82. The molecule has 0 atom stereocenters. The first-order chi connectivity index (χ1) is 9.41. The number of rotatable bonds is 5. The van der Waals surface area contributed by atoms with Crippen molar-refractivity contribution in [3.8, 4) is 0 Å². The Hall–Kier alpha value is -1.57. The first-order valence-corrected chi connectivity index (χ1v) is 6.51. The quantitative estimate of drug-likeness (QED) is 0.865. The Balaban J connectivity index is 2.29. The van der Waals surface area contributed by atoms with Crippen LogP contribution in [0.15, 0.2) is 6.07 Å². The molecule has 0 aliphatic heterocycles. The average Bonchev–Trinajstić information content (AvgIpc) is 2.30. The highest BCUT2D eigenvalue weighted by Crippen LogP contribution is 2.32. The van der Waals surface area contributed by atoms with Crippen LogP contribution in [0.1, 0.15) is 31.5 Å². The summed E-state index contributed by atoms with van der Waals surface area (Å²) in [5.74, 6) is -1.24. The lowest BCUT2D eigenvalue weighted by Crippen LogP contribution is -2.42. The fraction of sp³-hybridized carbons (Fsp3) is 0.667. The maximum Gasteiger partial charge on any atom is 0.451 e. The van der Waals surface area contributed by atoms with E-state index >= 15 is 0 Å². The van der Waals surface area contributed by atoms with Gasteiger partial charge in [0.15, 0.2) is 0 Å². The molecule has 0 radical (unpaired) electrons. The van der Waals surface area contributed by atoms with Crippen LogP contribution in [0.4, 0.5) is 24.8 Å². The van der Waals surface area contributed by atoms with E-state index < -0.39 is 12.0 Å². The summed E-state index contributed by atoms with van der Waals surface area (Å²) in [6, 6.07) is 1.52.